The van der Waals surface area contributed by atoms with E-state index >= 15 is 0 Å². The van der Waals surface area contributed by atoms with E-state index in [-0.39, 0.29) is 5.60 Å². The Bertz CT molecular complexity index is 192. The highest BCUT2D eigenvalue weighted by atomic mass is 16.7. The predicted octanol–water partition coefficient (Wildman–Crippen LogP) is 3.29. The van der Waals surface area contributed by atoms with Gasteiger partial charge < -0.3 is 5.11 Å². The molecule has 0 spiro atoms. The first-order chi connectivity index (χ1) is 6.40. The van der Waals surface area contributed by atoms with Crippen molar-refractivity contribution in [2.45, 2.75) is 59.5 Å². The molecule has 0 bridgehead atoms. The molecule has 0 atom stereocenters. The van der Waals surface area contributed by atoms with Crippen LogP contribution in [0, 0.1) is 0 Å². The van der Waals surface area contributed by atoms with Crippen LogP contribution in [0.2, 0.25) is 0 Å². The van der Waals surface area contributed by atoms with Crippen LogP contribution < -0.4 is 5.48 Å². The Hall–Kier alpha value is -0.700. The molecule has 0 aromatic carbocycles. The molecule has 0 fully saturated rings. The summed E-state index contributed by atoms with van der Waals surface area (Å²) < 4.78 is 0. The summed E-state index contributed by atoms with van der Waals surface area (Å²) in [5, 5.41) is 9.58. The highest BCUT2D eigenvalue weighted by Crippen LogP contribution is 2.12. The van der Waals surface area contributed by atoms with Crippen LogP contribution in [0.15, 0.2) is 11.5 Å². The van der Waals surface area contributed by atoms with Crippen LogP contribution >= 0.6 is 0 Å². The van der Waals surface area contributed by atoms with E-state index in [1.807, 2.05) is 27.7 Å². The minimum atomic E-state index is -0.243. The summed E-state index contributed by atoms with van der Waals surface area (Å²) >= 11 is 0. The van der Waals surface area contributed by atoms with Crippen molar-refractivity contribution in [3.05, 3.63) is 11.5 Å². The molecular formula is C11H23NO2. The summed E-state index contributed by atoms with van der Waals surface area (Å²) in [7, 11) is 0. The number of allylic oxidation sites excluding steroid dienone is 2. The van der Waals surface area contributed by atoms with Gasteiger partial charge >= 0.3 is 0 Å². The van der Waals surface area contributed by atoms with Gasteiger partial charge in [0.25, 0.3) is 0 Å². The third-order valence-corrected chi connectivity index (χ3v) is 1.66. The summed E-state index contributed by atoms with van der Waals surface area (Å²) in [6.45, 7) is 9.89. The molecule has 0 saturated carbocycles. The van der Waals surface area contributed by atoms with Gasteiger partial charge in [0.05, 0.1) is 11.3 Å². The van der Waals surface area contributed by atoms with Crippen molar-refractivity contribution in [3.8, 4) is 0 Å². The lowest BCUT2D eigenvalue weighted by molar-refractivity contribution is -0.0608. The predicted molar refractivity (Wildman–Crippen MR) is 58.8 cm³/mol. The molecule has 0 aliphatic rings. The van der Waals surface area contributed by atoms with Gasteiger partial charge in [-0.25, -0.2) is 0 Å². The van der Waals surface area contributed by atoms with Gasteiger partial charge in [-0.15, -0.1) is 0 Å². The molecule has 3 heteroatoms. The molecule has 0 rings (SSSR count). The minimum absolute atomic E-state index is 0.243. The van der Waals surface area contributed by atoms with Crippen LogP contribution in [0.1, 0.15) is 53.9 Å². The fraction of sp³-hybridized carbons (Fsp3) is 0.818. The second-order valence-electron chi connectivity index (χ2n) is 4.35. The number of aliphatic hydroxyl groups is 1. The molecule has 0 unspecified atom stereocenters. The maximum Gasteiger partial charge on any atom is 0.113 e. The molecule has 0 aromatic heterocycles. The number of nitrogens with one attached hydrogen (secondary N) is 1. The van der Waals surface area contributed by atoms with E-state index in [4.69, 9.17) is 4.84 Å². The SMILES string of the molecule is CCCC(NOC(C)(C)C)=C(O)CC. The molecule has 14 heavy (non-hydrogen) atoms. The average molecular weight is 201 g/mol. The molecule has 2 N–H and O–H groups in total. The summed E-state index contributed by atoms with van der Waals surface area (Å²) in [4.78, 5) is 5.40. The van der Waals surface area contributed by atoms with E-state index in [1.54, 1.807) is 0 Å². The van der Waals surface area contributed by atoms with Crippen molar-refractivity contribution in [2.24, 2.45) is 0 Å². The van der Waals surface area contributed by atoms with E-state index in [1.165, 1.54) is 0 Å². The van der Waals surface area contributed by atoms with Crippen molar-refractivity contribution < 1.29 is 9.94 Å². The molecule has 84 valence electrons. The van der Waals surface area contributed by atoms with Crippen molar-refractivity contribution in [1.29, 1.82) is 0 Å². The minimum Gasteiger partial charge on any atom is -0.510 e. The van der Waals surface area contributed by atoms with Crippen molar-refractivity contribution >= 4 is 0 Å². The Morgan fingerprint density at radius 3 is 2.21 bits per heavy atom. The Balaban J connectivity index is 4.25. The van der Waals surface area contributed by atoms with Crippen molar-refractivity contribution in [1.82, 2.24) is 5.48 Å². The highest BCUT2D eigenvalue weighted by molar-refractivity contribution is 5.03. The Labute approximate surface area is 87.1 Å². The normalized spacial score (nSPS) is 13.8. The van der Waals surface area contributed by atoms with Crippen LogP contribution in [0.25, 0.3) is 0 Å². The number of aliphatic hydroxyl groups excluding tert-OH is 1. The molecule has 0 aromatic rings. The fourth-order valence-electron chi connectivity index (χ4n) is 0.932. The van der Waals surface area contributed by atoms with Crippen molar-refractivity contribution in [3.63, 3.8) is 0 Å². The van der Waals surface area contributed by atoms with Gasteiger partial charge in [0.1, 0.15) is 5.76 Å². The van der Waals surface area contributed by atoms with Gasteiger partial charge in [-0.05, 0) is 27.2 Å². The van der Waals surface area contributed by atoms with Crippen LogP contribution in [-0.2, 0) is 4.84 Å². The first-order valence-electron chi connectivity index (χ1n) is 5.25. The Kier molecular flexibility index (Phi) is 5.62. The van der Waals surface area contributed by atoms with E-state index in [0.29, 0.717) is 12.2 Å². The quantitative estimate of drug-likeness (QED) is 0.530. The topological polar surface area (TPSA) is 41.5 Å². The second-order valence-corrected chi connectivity index (χ2v) is 4.35. The maximum absolute atomic E-state index is 9.58. The summed E-state index contributed by atoms with van der Waals surface area (Å²) in [5.74, 6) is 0.385. The molecular weight excluding hydrogens is 178 g/mol. The molecule has 0 aliphatic carbocycles. The zero-order valence-corrected chi connectivity index (χ0v) is 9.98. The summed E-state index contributed by atoms with van der Waals surface area (Å²) in [6.07, 6.45) is 2.44. The number of hydroxylamine groups is 1. The van der Waals surface area contributed by atoms with Crippen molar-refractivity contribution in [2.75, 3.05) is 0 Å². The number of hydrogen-bond acceptors (Lipinski definition) is 3. The molecule has 0 aliphatic heterocycles. The molecule has 0 heterocycles. The zero-order valence-electron chi connectivity index (χ0n) is 9.98. The lowest BCUT2D eigenvalue weighted by atomic mass is 10.2. The van der Waals surface area contributed by atoms with E-state index < -0.39 is 0 Å². The van der Waals surface area contributed by atoms with E-state index in [2.05, 4.69) is 12.4 Å². The lowest BCUT2D eigenvalue weighted by Crippen LogP contribution is -2.29. The fourth-order valence-corrected chi connectivity index (χ4v) is 0.932. The average Bonchev–Trinajstić information content (AvgIpc) is 2.09. The van der Waals surface area contributed by atoms with E-state index in [0.717, 1.165) is 18.5 Å². The molecule has 0 saturated heterocycles. The van der Waals surface area contributed by atoms with E-state index in [9.17, 15) is 5.11 Å². The summed E-state index contributed by atoms with van der Waals surface area (Å²) in [5.41, 5.74) is 3.39. The number of hydrogen-bond donors (Lipinski definition) is 2. The summed E-state index contributed by atoms with van der Waals surface area (Å²) in [6, 6.07) is 0. The maximum atomic E-state index is 9.58. The van der Waals surface area contributed by atoms with Gasteiger partial charge in [-0.1, -0.05) is 20.3 Å². The molecule has 0 amide bonds. The standard InChI is InChI=1S/C11H23NO2/c1-6-8-9(10(13)7-2)12-14-11(3,4)5/h12-13H,6-8H2,1-5H3. The highest BCUT2D eigenvalue weighted by Gasteiger charge is 2.12. The van der Waals surface area contributed by atoms with Gasteiger partial charge in [0.2, 0.25) is 0 Å². The third kappa shape index (κ3) is 5.86. The first kappa shape index (κ1) is 13.3. The monoisotopic (exact) mass is 201 g/mol. The smallest absolute Gasteiger partial charge is 0.113 e. The molecule has 3 nitrogen and oxygen atoms in total. The third-order valence-electron chi connectivity index (χ3n) is 1.66. The van der Waals surface area contributed by atoms with Crippen LogP contribution in [0.5, 0.6) is 0 Å². The zero-order chi connectivity index (χ0) is 11.2. The number of rotatable bonds is 5. The Morgan fingerprint density at radius 2 is 1.86 bits per heavy atom. The second kappa shape index (κ2) is 5.91. The lowest BCUT2D eigenvalue weighted by Gasteiger charge is -2.22. The van der Waals surface area contributed by atoms with Crippen LogP contribution in [0.4, 0.5) is 0 Å². The Morgan fingerprint density at radius 1 is 1.29 bits per heavy atom. The largest absolute Gasteiger partial charge is 0.510 e. The van der Waals surface area contributed by atoms with Crippen LogP contribution in [-0.4, -0.2) is 10.7 Å². The van der Waals surface area contributed by atoms with Gasteiger partial charge in [0, 0.05) is 6.42 Å². The van der Waals surface area contributed by atoms with Gasteiger partial charge in [0.15, 0.2) is 0 Å². The molecule has 0 radical (unpaired) electrons. The van der Waals surface area contributed by atoms with Crippen LogP contribution in [0.3, 0.4) is 0 Å². The van der Waals surface area contributed by atoms with Gasteiger partial charge in [-0.2, -0.15) is 0 Å². The van der Waals surface area contributed by atoms with Gasteiger partial charge in [-0.3, -0.25) is 10.3 Å². The first-order valence-corrected chi connectivity index (χ1v) is 5.25.